The minimum Gasteiger partial charge on any atom is -0.370 e. The number of rotatable bonds is 6. The van der Waals surface area contributed by atoms with Gasteiger partial charge in [0.2, 0.25) is 5.91 Å². The standard InChI is InChI=1S/C22H27N3O2/c1-4-17-5-7-19(8-6-17)21(27-16(2)3)15-25-13-11-18(12-14-25)20-9-10-22(26)24-23-20/h1,5-8,11,16,21H,9-10,12-15H2,2-3H3,(H,24,26). The number of amides is 1. The molecular formula is C22H27N3O2. The second-order valence-electron chi connectivity index (χ2n) is 7.27. The van der Waals surface area contributed by atoms with Crippen LogP contribution in [0.3, 0.4) is 0 Å². The highest BCUT2D eigenvalue weighted by atomic mass is 16.5. The molecule has 5 nitrogen and oxygen atoms in total. The van der Waals surface area contributed by atoms with E-state index in [1.54, 1.807) is 0 Å². The predicted molar refractivity (Wildman–Crippen MR) is 107 cm³/mol. The molecule has 1 amide bonds. The smallest absolute Gasteiger partial charge is 0.240 e. The van der Waals surface area contributed by atoms with E-state index in [1.165, 1.54) is 5.57 Å². The van der Waals surface area contributed by atoms with Gasteiger partial charge < -0.3 is 4.74 Å². The third kappa shape index (κ3) is 5.29. The molecule has 3 rings (SSSR count). The van der Waals surface area contributed by atoms with Crippen LogP contribution in [0, 0.1) is 12.3 Å². The first-order valence-corrected chi connectivity index (χ1v) is 9.54. The van der Waals surface area contributed by atoms with E-state index in [2.05, 4.69) is 53.4 Å². The number of hydrogen-bond donors (Lipinski definition) is 1. The van der Waals surface area contributed by atoms with Crippen LogP contribution in [0.4, 0.5) is 0 Å². The monoisotopic (exact) mass is 365 g/mol. The SMILES string of the molecule is C#Cc1ccc(C(CN2CC=C(C3=NNC(=O)CC3)CC2)OC(C)C)cc1. The summed E-state index contributed by atoms with van der Waals surface area (Å²) in [7, 11) is 0. The Morgan fingerprint density at radius 3 is 2.59 bits per heavy atom. The molecule has 0 bridgehead atoms. The highest BCUT2D eigenvalue weighted by Gasteiger charge is 2.22. The molecule has 2 aliphatic rings. The van der Waals surface area contributed by atoms with E-state index in [4.69, 9.17) is 11.2 Å². The van der Waals surface area contributed by atoms with Gasteiger partial charge in [-0.05, 0) is 43.5 Å². The largest absolute Gasteiger partial charge is 0.370 e. The zero-order valence-corrected chi connectivity index (χ0v) is 16.1. The Balaban J connectivity index is 1.64. The van der Waals surface area contributed by atoms with Gasteiger partial charge in [-0.3, -0.25) is 9.69 Å². The number of hydrogen-bond acceptors (Lipinski definition) is 4. The van der Waals surface area contributed by atoms with Gasteiger partial charge >= 0.3 is 0 Å². The molecule has 1 atom stereocenters. The Morgan fingerprint density at radius 1 is 1.26 bits per heavy atom. The molecule has 0 radical (unpaired) electrons. The molecule has 1 aromatic carbocycles. The summed E-state index contributed by atoms with van der Waals surface area (Å²) < 4.78 is 6.18. The molecule has 27 heavy (non-hydrogen) atoms. The zero-order valence-electron chi connectivity index (χ0n) is 16.1. The second-order valence-corrected chi connectivity index (χ2v) is 7.27. The highest BCUT2D eigenvalue weighted by Crippen LogP contribution is 2.24. The van der Waals surface area contributed by atoms with Gasteiger partial charge in [0, 0.05) is 38.0 Å². The summed E-state index contributed by atoms with van der Waals surface area (Å²) in [5.74, 6) is 2.66. The van der Waals surface area contributed by atoms with Crippen LogP contribution >= 0.6 is 0 Å². The summed E-state index contributed by atoms with van der Waals surface area (Å²) in [6.07, 6.45) is 10.1. The Bertz CT molecular complexity index is 772. The Kier molecular flexibility index (Phi) is 6.44. The minimum absolute atomic E-state index is 0.00122. The average molecular weight is 365 g/mol. The van der Waals surface area contributed by atoms with Crippen molar-refractivity contribution in [3.63, 3.8) is 0 Å². The van der Waals surface area contributed by atoms with Crippen molar-refractivity contribution in [3.8, 4) is 12.3 Å². The molecule has 0 saturated heterocycles. The number of benzene rings is 1. The van der Waals surface area contributed by atoms with E-state index in [0.717, 1.165) is 49.3 Å². The lowest BCUT2D eigenvalue weighted by molar-refractivity contribution is -0.121. The molecule has 2 heterocycles. The van der Waals surface area contributed by atoms with Gasteiger partial charge in [0.1, 0.15) is 0 Å². The average Bonchev–Trinajstić information content (AvgIpc) is 2.68. The number of carbonyl (C=O) groups is 1. The number of hydrazone groups is 1. The van der Waals surface area contributed by atoms with E-state index in [9.17, 15) is 4.79 Å². The molecule has 1 N–H and O–H groups in total. The molecule has 0 spiro atoms. The van der Waals surface area contributed by atoms with Crippen molar-refractivity contribution in [2.75, 3.05) is 19.6 Å². The van der Waals surface area contributed by atoms with Gasteiger partial charge in [-0.1, -0.05) is 24.1 Å². The summed E-state index contributed by atoms with van der Waals surface area (Å²) in [5.41, 5.74) is 6.90. The normalized spacial score (nSPS) is 19.1. The van der Waals surface area contributed by atoms with Crippen molar-refractivity contribution in [1.82, 2.24) is 10.3 Å². The number of ether oxygens (including phenoxy) is 1. The molecule has 0 fully saturated rings. The van der Waals surface area contributed by atoms with Crippen molar-refractivity contribution < 1.29 is 9.53 Å². The first kappa shape index (κ1) is 19.3. The van der Waals surface area contributed by atoms with Crippen LogP contribution in [0.2, 0.25) is 0 Å². The molecule has 0 aliphatic carbocycles. The number of carbonyl (C=O) groups excluding carboxylic acids is 1. The first-order chi connectivity index (χ1) is 13.0. The van der Waals surface area contributed by atoms with Crippen LogP contribution in [0.5, 0.6) is 0 Å². The van der Waals surface area contributed by atoms with Crippen molar-refractivity contribution in [2.45, 2.75) is 45.3 Å². The number of nitrogens with zero attached hydrogens (tertiary/aromatic N) is 2. The Labute approximate surface area is 161 Å². The number of nitrogens with one attached hydrogen (secondary N) is 1. The lowest BCUT2D eigenvalue weighted by Crippen LogP contribution is -2.36. The third-order valence-corrected chi connectivity index (χ3v) is 4.88. The summed E-state index contributed by atoms with van der Waals surface area (Å²) in [6.45, 7) is 6.78. The van der Waals surface area contributed by atoms with Crippen LogP contribution in [0.15, 0.2) is 41.0 Å². The third-order valence-electron chi connectivity index (χ3n) is 4.88. The van der Waals surface area contributed by atoms with E-state index >= 15 is 0 Å². The number of terminal acetylenes is 1. The minimum atomic E-state index is 0.00122. The van der Waals surface area contributed by atoms with E-state index in [1.807, 2.05) is 12.1 Å². The molecule has 0 aromatic heterocycles. The van der Waals surface area contributed by atoms with Crippen molar-refractivity contribution in [1.29, 1.82) is 0 Å². The van der Waals surface area contributed by atoms with Crippen LogP contribution < -0.4 is 5.43 Å². The van der Waals surface area contributed by atoms with Crippen molar-refractivity contribution in [2.24, 2.45) is 5.10 Å². The quantitative estimate of drug-likeness (QED) is 0.789. The van der Waals surface area contributed by atoms with Crippen molar-refractivity contribution in [3.05, 3.63) is 47.0 Å². The van der Waals surface area contributed by atoms with E-state index < -0.39 is 0 Å². The van der Waals surface area contributed by atoms with Crippen molar-refractivity contribution >= 4 is 11.6 Å². The molecule has 1 aromatic rings. The van der Waals surface area contributed by atoms with Crippen LogP contribution in [0.1, 0.15) is 50.3 Å². The molecule has 0 saturated carbocycles. The maximum Gasteiger partial charge on any atom is 0.240 e. The molecule has 1 unspecified atom stereocenters. The van der Waals surface area contributed by atoms with Gasteiger partial charge in [0.15, 0.2) is 0 Å². The lowest BCUT2D eigenvalue weighted by atomic mass is 9.98. The molecular weight excluding hydrogens is 338 g/mol. The van der Waals surface area contributed by atoms with Crippen LogP contribution in [0.25, 0.3) is 0 Å². The topological polar surface area (TPSA) is 53.9 Å². The summed E-state index contributed by atoms with van der Waals surface area (Å²) >= 11 is 0. The summed E-state index contributed by atoms with van der Waals surface area (Å²) in [6, 6.07) is 8.06. The fourth-order valence-corrected chi connectivity index (χ4v) is 3.43. The Morgan fingerprint density at radius 2 is 2.04 bits per heavy atom. The Hall–Kier alpha value is -2.42. The second kappa shape index (κ2) is 8.98. The zero-order chi connectivity index (χ0) is 19.2. The highest BCUT2D eigenvalue weighted by molar-refractivity contribution is 6.03. The van der Waals surface area contributed by atoms with Gasteiger partial charge in [0.05, 0.1) is 17.9 Å². The maximum absolute atomic E-state index is 11.3. The van der Waals surface area contributed by atoms with Gasteiger partial charge in [-0.2, -0.15) is 5.10 Å². The molecule has 142 valence electrons. The molecule has 2 aliphatic heterocycles. The summed E-state index contributed by atoms with van der Waals surface area (Å²) in [4.78, 5) is 13.7. The fraction of sp³-hybridized carbons (Fsp3) is 0.455. The predicted octanol–water partition coefficient (Wildman–Crippen LogP) is 3.03. The van der Waals surface area contributed by atoms with E-state index in [-0.39, 0.29) is 18.1 Å². The maximum atomic E-state index is 11.3. The van der Waals surface area contributed by atoms with Crippen LogP contribution in [-0.2, 0) is 9.53 Å². The molecule has 5 heteroatoms. The lowest BCUT2D eigenvalue weighted by Gasteiger charge is -2.31. The van der Waals surface area contributed by atoms with Gasteiger partial charge in [-0.15, -0.1) is 6.42 Å². The summed E-state index contributed by atoms with van der Waals surface area (Å²) in [5, 5.41) is 4.21. The van der Waals surface area contributed by atoms with E-state index in [0.29, 0.717) is 6.42 Å². The first-order valence-electron chi connectivity index (χ1n) is 9.54. The van der Waals surface area contributed by atoms with Gasteiger partial charge in [0.25, 0.3) is 0 Å². The van der Waals surface area contributed by atoms with Gasteiger partial charge in [-0.25, -0.2) is 5.43 Å². The van der Waals surface area contributed by atoms with Crippen LogP contribution in [-0.4, -0.2) is 42.3 Å². The fourth-order valence-electron chi connectivity index (χ4n) is 3.43.